The van der Waals surface area contributed by atoms with Gasteiger partial charge in [0.25, 0.3) is 5.82 Å². The third-order valence-corrected chi connectivity index (χ3v) is 6.09. The number of hydrogen-bond acceptors (Lipinski definition) is 3. The minimum absolute atomic E-state index is 0.140. The van der Waals surface area contributed by atoms with Crippen LogP contribution in [0.25, 0.3) is 10.4 Å². The van der Waals surface area contributed by atoms with Gasteiger partial charge >= 0.3 is 5.97 Å². The van der Waals surface area contributed by atoms with Crippen molar-refractivity contribution in [3.8, 4) is 0 Å². The molecule has 0 saturated carbocycles. The Balaban J connectivity index is 2.16. The van der Waals surface area contributed by atoms with Crippen molar-refractivity contribution in [2.24, 2.45) is 5.92 Å². The van der Waals surface area contributed by atoms with Gasteiger partial charge in [0, 0.05) is 24.3 Å². The molecule has 0 aliphatic heterocycles. The lowest BCUT2D eigenvalue weighted by Gasteiger charge is -2.22. The van der Waals surface area contributed by atoms with E-state index in [1.165, 1.54) is 10.4 Å². The fraction of sp³-hybridized carbons (Fsp3) is 0.435. The molecule has 2 atom stereocenters. The average molecular weight is 461 g/mol. The normalized spacial score (nSPS) is 13.5. The quantitative estimate of drug-likeness (QED) is 0.243. The number of carbonyl (C=O) groups is 1. The topological polar surface area (TPSA) is 65.6 Å². The number of aliphatic carboxylic acids is 1. The second kappa shape index (κ2) is 11.2. The minimum Gasteiger partial charge on any atom is -0.480 e. The smallest absolute Gasteiger partial charge is 0.327 e. The zero-order valence-corrected chi connectivity index (χ0v) is 19.9. The maximum atomic E-state index is 11.0. The Morgan fingerprint density at radius 3 is 2.48 bits per heavy atom. The van der Waals surface area contributed by atoms with E-state index in [2.05, 4.69) is 59.9 Å². The number of aromatic amines is 1. The van der Waals surface area contributed by atoms with Crippen LogP contribution in [0.15, 0.2) is 30.3 Å². The van der Waals surface area contributed by atoms with Crippen LogP contribution in [0.3, 0.4) is 0 Å². The van der Waals surface area contributed by atoms with Crippen LogP contribution in [-0.2, 0) is 11.3 Å². The number of nitrogens with one attached hydrogen (secondary N) is 1. The van der Waals surface area contributed by atoms with Crippen LogP contribution in [0, 0.1) is 17.1 Å². The van der Waals surface area contributed by atoms with Gasteiger partial charge in [-0.3, -0.25) is 4.79 Å². The van der Waals surface area contributed by atoms with Gasteiger partial charge in [0.05, 0.1) is 5.38 Å². The largest absolute Gasteiger partial charge is 0.480 e. The van der Waals surface area contributed by atoms with Crippen LogP contribution in [0.2, 0.25) is 0 Å². The van der Waals surface area contributed by atoms with Gasteiger partial charge < -0.3 is 14.9 Å². The van der Waals surface area contributed by atoms with Crippen molar-refractivity contribution in [3.05, 3.63) is 57.5 Å². The zero-order valence-electron chi connectivity index (χ0n) is 18.4. The molecule has 1 heterocycles. The average Bonchev–Trinajstić information content (AvgIpc) is 3.04. The molecule has 2 rings (SSSR count). The number of aromatic nitrogens is 2. The first-order chi connectivity index (χ1) is 14.7. The monoisotopic (exact) mass is 460 g/mol. The molecule has 2 aromatic rings. The number of carboxylic acids is 1. The van der Waals surface area contributed by atoms with Gasteiger partial charge in [-0.15, -0.1) is 11.6 Å². The fourth-order valence-corrected chi connectivity index (χ4v) is 4.47. The summed E-state index contributed by atoms with van der Waals surface area (Å²) < 4.78 is 1.63. The molecule has 0 aliphatic carbocycles. The first-order valence-corrected chi connectivity index (χ1v) is 11.2. The molecule has 0 aliphatic rings. The number of nitrogens with zero attached hydrogens (tertiary/aromatic N) is 3. The van der Waals surface area contributed by atoms with Crippen molar-refractivity contribution in [1.29, 1.82) is 0 Å². The Bertz CT molecular complexity index is 1030. The van der Waals surface area contributed by atoms with Gasteiger partial charge in [-0.2, -0.15) is 0 Å². The number of anilines is 1. The highest BCUT2D eigenvalue weighted by atomic mass is 35.5. The van der Waals surface area contributed by atoms with E-state index in [-0.39, 0.29) is 23.7 Å². The predicted molar refractivity (Wildman–Crippen MR) is 130 cm³/mol. The summed E-state index contributed by atoms with van der Waals surface area (Å²) in [6, 6.07) is 8.37. The molecule has 2 unspecified atom stereocenters. The molecule has 1 aromatic heterocycles. The van der Waals surface area contributed by atoms with E-state index in [4.69, 9.17) is 35.5 Å². The van der Waals surface area contributed by atoms with E-state index < -0.39 is 5.97 Å². The second-order valence-electron chi connectivity index (χ2n) is 7.53. The zero-order chi connectivity index (χ0) is 23.1. The summed E-state index contributed by atoms with van der Waals surface area (Å²) in [6.45, 7) is 17.2. The van der Waals surface area contributed by atoms with Crippen molar-refractivity contribution in [2.45, 2.75) is 46.0 Å². The number of allylic oxidation sites excluding steroid dienone is 2. The van der Waals surface area contributed by atoms with Gasteiger partial charge in [0.2, 0.25) is 0 Å². The van der Waals surface area contributed by atoms with Crippen molar-refractivity contribution in [2.75, 3.05) is 18.0 Å². The first-order valence-electron chi connectivity index (χ1n) is 10.3. The highest BCUT2D eigenvalue weighted by molar-refractivity contribution is 7.71. The van der Waals surface area contributed by atoms with Gasteiger partial charge in [-0.25, -0.2) is 9.78 Å². The predicted octanol–water partition coefficient (Wildman–Crippen LogP) is 6.44. The van der Waals surface area contributed by atoms with Crippen molar-refractivity contribution >= 4 is 46.9 Å². The summed E-state index contributed by atoms with van der Waals surface area (Å²) in [4.78, 5) is 16.8. The van der Waals surface area contributed by atoms with Gasteiger partial charge in [0.1, 0.15) is 4.64 Å². The summed E-state index contributed by atoms with van der Waals surface area (Å²) in [5.41, 5.74) is 3.67. The van der Waals surface area contributed by atoms with Crippen LogP contribution in [0.4, 0.5) is 11.5 Å². The highest BCUT2D eigenvalue weighted by Gasteiger charge is 2.17. The summed E-state index contributed by atoms with van der Waals surface area (Å²) in [5.74, 6) is -0.630. The Kier molecular flexibility index (Phi) is 8.90. The minimum atomic E-state index is -1.02. The van der Waals surface area contributed by atoms with Crippen LogP contribution < -0.4 is 4.90 Å². The van der Waals surface area contributed by atoms with Gasteiger partial charge in [0.15, 0.2) is 6.54 Å². The summed E-state index contributed by atoms with van der Waals surface area (Å²) in [7, 11) is 0. The summed E-state index contributed by atoms with van der Waals surface area (Å²) in [6.07, 6.45) is 2.77. The van der Waals surface area contributed by atoms with Crippen molar-refractivity contribution < 1.29 is 9.90 Å². The Labute approximate surface area is 193 Å². The lowest BCUT2D eigenvalue weighted by atomic mass is 9.96. The first kappa shape index (κ1) is 24.7. The molecule has 0 bridgehead atoms. The molecule has 0 saturated heterocycles. The van der Waals surface area contributed by atoms with Crippen molar-refractivity contribution in [1.82, 2.24) is 9.78 Å². The van der Waals surface area contributed by atoms with E-state index >= 15 is 0 Å². The molecule has 8 heteroatoms. The molecule has 0 radical (unpaired) electrons. The fourth-order valence-electron chi connectivity index (χ4n) is 3.68. The van der Waals surface area contributed by atoms with Gasteiger partial charge in [-0.1, -0.05) is 49.5 Å². The van der Waals surface area contributed by atoms with Crippen molar-refractivity contribution in [3.63, 3.8) is 0 Å². The SMILES string of the molecule is [C-]#[N+]c1[nH]n(CC(=O)O)c(=S)c1C(C)=CC(C)CC(Cl)c1ccc(N(CC)CC)cc1. The molecular formula is C23H29ClN4O2S. The standard InChI is InChI=1S/C23H29ClN4O2S/c1-6-27(7-2)18-10-8-17(9-11-18)19(24)13-15(3)12-16(4)21-22(25-5)26-28(23(21)31)14-20(29)30/h8-12,15,19,26H,6-7,13-14H2,1-4H3,(H,29,30). The maximum Gasteiger partial charge on any atom is 0.327 e. The second-order valence-corrected chi connectivity index (χ2v) is 8.44. The van der Waals surface area contributed by atoms with E-state index in [9.17, 15) is 4.79 Å². The number of carboxylic acid groups (broad SMARTS) is 1. The highest BCUT2D eigenvalue weighted by Crippen LogP contribution is 2.33. The molecule has 0 amide bonds. The van der Waals surface area contributed by atoms with Crippen LogP contribution in [0.5, 0.6) is 0 Å². The number of H-pyrrole nitrogens is 1. The number of benzene rings is 1. The third-order valence-electron chi connectivity index (χ3n) is 5.23. The summed E-state index contributed by atoms with van der Waals surface area (Å²) in [5, 5.41) is 11.7. The number of halogens is 1. The molecule has 31 heavy (non-hydrogen) atoms. The lowest BCUT2D eigenvalue weighted by Crippen LogP contribution is -2.21. The number of rotatable bonds is 10. The summed E-state index contributed by atoms with van der Waals surface area (Å²) >= 11 is 12.1. The molecule has 6 nitrogen and oxygen atoms in total. The molecular weight excluding hydrogens is 432 g/mol. The Morgan fingerprint density at radius 1 is 1.35 bits per heavy atom. The molecule has 1 aromatic carbocycles. The van der Waals surface area contributed by atoms with E-state index in [0.29, 0.717) is 10.2 Å². The lowest BCUT2D eigenvalue weighted by molar-refractivity contribution is -0.137. The molecule has 2 N–H and O–H groups in total. The van der Waals surface area contributed by atoms with Crippen LogP contribution in [-0.4, -0.2) is 33.9 Å². The van der Waals surface area contributed by atoms with E-state index in [0.717, 1.165) is 30.6 Å². The molecule has 0 spiro atoms. The number of hydrogen-bond donors (Lipinski definition) is 2. The van der Waals surface area contributed by atoms with Crippen LogP contribution in [0.1, 0.15) is 50.6 Å². The molecule has 0 fully saturated rings. The Morgan fingerprint density at radius 2 is 1.97 bits per heavy atom. The van der Waals surface area contributed by atoms with E-state index in [1.807, 2.05) is 13.0 Å². The third kappa shape index (κ3) is 6.22. The van der Waals surface area contributed by atoms with Crippen LogP contribution >= 0.6 is 23.8 Å². The molecule has 166 valence electrons. The van der Waals surface area contributed by atoms with Gasteiger partial charge in [-0.05, 0) is 50.8 Å². The maximum absolute atomic E-state index is 11.0. The number of alkyl halides is 1. The van der Waals surface area contributed by atoms with E-state index in [1.54, 1.807) is 0 Å². The Hall–Kier alpha value is -2.56.